The molecule has 0 radical (unpaired) electrons. The Hall–Kier alpha value is -2.40. The van der Waals surface area contributed by atoms with E-state index in [1.165, 1.54) is 5.56 Å². The van der Waals surface area contributed by atoms with Gasteiger partial charge in [0.15, 0.2) is 5.82 Å². The van der Waals surface area contributed by atoms with Crippen LogP contribution in [0.25, 0.3) is 5.52 Å². The second-order valence-corrected chi connectivity index (χ2v) is 6.68. The molecule has 5 heteroatoms. The molecule has 130 valence electrons. The predicted octanol–water partition coefficient (Wildman–Crippen LogP) is 3.27. The van der Waals surface area contributed by atoms with E-state index in [-0.39, 0.29) is 0 Å². The first-order valence-electron chi connectivity index (χ1n) is 9.01. The molecule has 1 aliphatic heterocycles. The average molecular weight is 336 g/mol. The van der Waals surface area contributed by atoms with Crippen molar-refractivity contribution in [2.45, 2.75) is 32.3 Å². The molecule has 1 saturated heterocycles. The zero-order chi connectivity index (χ0) is 17.1. The van der Waals surface area contributed by atoms with E-state index in [2.05, 4.69) is 51.4 Å². The minimum atomic E-state index is 0.293. The molecule has 5 nitrogen and oxygen atoms in total. The number of anilines is 1. The van der Waals surface area contributed by atoms with Gasteiger partial charge in [-0.2, -0.15) is 5.10 Å². The van der Waals surface area contributed by atoms with Crippen molar-refractivity contribution in [2.75, 3.05) is 24.6 Å². The normalized spacial score (nSPS) is 17.5. The summed E-state index contributed by atoms with van der Waals surface area (Å²) in [5.41, 5.74) is 3.47. The third-order valence-corrected chi connectivity index (χ3v) is 4.74. The van der Waals surface area contributed by atoms with Crippen molar-refractivity contribution < 1.29 is 4.74 Å². The Bertz CT molecular complexity index is 830. The van der Waals surface area contributed by atoms with Crippen LogP contribution in [-0.2, 0) is 11.2 Å². The molecule has 1 atom stereocenters. The highest BCUT2D eigenvalue weighted by Crippen LogP contribution is 2.24. The molecule has 1 aliphatic rings. The second kappa shape index (κ2) is 7.23. The topological polar surface area (TPSA) is 42.7 Å². The van der Waals surface area contributed by atoms with Crippen molar-refractivity contribution >= 4 is 11.3 Å². The molecule has 1 fully saturated rings. The fourth-order valence-electron chi connectivity index (χ4n) is 3.50. The third kappa shape index (κ3) is 3.66. The number of rotatable bonds is 6. The van der Waals surface area contributed by atoms with E-state index in [9.17, 15) is 0 Å². The van der Waals surface area contributed by atoms with Crippen molar-refractivity contribution in [3.05, 3.63) is 60.0 Å². The first-order valence-corrected chi connectivity index (χ1v) is 9.01. The molecule has 0 bridgehead atoms. The van der Waals surface area contributed by atoms with Gasteiger partial charge in [-0.3, -0.25) is 0 Å². The number of ether oxygens (including phenoxy) is 1. The summed E-state index contributed by atoms with van der Waals surface area (Å²) in [6.07, 6.45) is 7.22. The maximum absolute atomic E-state index is 6.10. The van der Waals surface area contributed by atoms with Gasteiger partial charge in [0.05, 0.1) is 11.8 Å². The fraction of sp³-hybridized carbons (Fsp3) is 0.400. The van der Waals surface area contributed by atoms with Crippen molar-refractivity contribution in [2.24, 2.45) is 0 Å². The number of hydrogen-bond acceptors (Lipinski definition) is 4. The summed E-state index contributed by atoms with van der Waals surface area (Å²) >= 11 is 0. The molecule has 3 aromatic rings. The Morgan fingerprint density at radius 1 is 1.24 bits per heavy atom. The van der Waals surface area contributed by atoms with Gasteiger partial charge in [-0.25, -0.2) is 9.50 Å². The quantitative estimate of drug-likeness (QED) is 0.648. The van der Waals surface area contributed by atoms with Crippen LogP contribution in [0.4, 0.5) is 5.82 Å². The number of benzene rings is 1. The van der Waals surface area contributed by atoms with E-state index < -0.39 is 0 Å². The molecule has 0 spiro atoms. The summed E-state index contributed by atoms with van der Waals surface area (Å²) in [4.78, 5) is 6.90. The third-order valence-electron chi connectivity index (χ3n) is 4.74. The van der Waals surface area contributed by atoms with Crippen LogP contribution >= 0.6 is 0 Å². The summed E-state index contributed by atoms with van der Waals surface area (Å²) in [6, 6.07) is 12.7. The van der Waals surface area contributed by atoms with Crippen LogP contribution in [0, 0.1) is 6.92 Å². The predicted molar refractivity (Wildman–Crippen MR) is 99.1 cm³/mol. The maximum Gasteiger partial charge on any atom is 0.154 e. The SMILES string of the molecule is Cc1cc2c(N3CCC(OCCCc4ccccc4)C3)nccn2n1. The van der Waals surface area contributed by atoms with Crippen LogP contribution in [0.3, 0.4) is 0 Å². The minimum Gasteiger partial charge on any atom is -0.376 e. The molecule has 0 saturated carbocycles. The van der Waals surface area contributed by atoms with Crippen molar-refractivity contribution in [1.82, 2.24) is 14.6 Å². The fourth-order valence-corrected chi connectivity index (χ4v) is 3.50. The van der Waals surface area contributed by atoms with Crippen LogP contribution in [0.5, 0.6) is 0 Å². The highest BCUT2D eigenvalue weighted by Gasteiger charge is 2.25. The van der Waals surface area contributed by atoms with Crippen LogP contribution < -0.4 is 4.90 Å². The van der Waals surface area contributed by atoms with Gasteiger partial charge >= 0.3 is 0 Å². The number of aromatic nitrogens is 3. The van der Waals surface area contributed by atoms with Gasteiger partial charge in [-0.15, -0.1) is 0 Å². The van der Waals surface area contributed by atoms with E-state index >= 15 is 0 Å². The molecule has 1 unspecified atom stereocenters. The van der Waals surface area contributed by atoms with Gasteiger partial charge < -0.3 is 9.64 Å². The molecule has 0 N–H and O–H groups in total. The Kier molecular flexibility index (Phi) is 4.65. The smallest absolute Gasteiger partial charge is 0.154 e. The molecule has 1 aromatic carbocycles. The van der Waals surface area contributed by atoms with Crippen LogP contribution in [0.15, 0.2) is 48.8 Å². The monoisotopic (exact) mass is 336 g/mol. The Balaban J connectivity index is 1.30. The number of hydrogen-bond donors (Lipinski definition) is 0. The van der Waals surface area contributed by atoms with Crippen molar-refractivity contribution in [1.29, 1.82) is 0 Å². The molecule has 4 rings (SSSR count). The molecule has 3 heterocycles. The molecule has 2 aromatic heterocycles. The van der Waals surface area contributed by atoms with Gasteiger partial charge in [-0.1, -0.05) is 30.3 Å². The molecule has 0 amide bonds. The molecule has 25 heavy (non-hydrogen) atoms. The van der Waals surface area contributed by atoms with E-state index in [0.717, 1.165) is 56.0 Å². The summed E-state index contributed by atoms with van der Waals surface area (Å²) in [7, 11) is 0. The van der Waals surface area contributed by atoms with Gasteiger partial charge in [0.2, 0.25) is 0 Å². The lowest BCUT2D eigenvalue weighted by atomic mass is 10.1. The summed E-state index contributed by atoms with van der Waals surface area (Å²) in [6.45, 7) is 4.72. The lowest BCUT2D eigenvalue weighted by Crippen LogP contribution is -2.24. The maximum atomic E-state index is 6.10. The highest BCUT2D eigenvalue weighted by molar-refractivity contribution is 5.69. The molecular weight excluding hydrogens is 312 g/mol. The van der Waals surface area contributed by atoms with Crippen molar-refractivity contribution in [3.63, 3.8) is 0 Å². The van der Waals surface area contributed by atoms with E-state index in [1.54, 1.807) is 0 Å². The Labute approximate surface area is 148 Å². The van der Waals surface area contributed by atoms with E-state index in [1.807, 2.05) is 23.8 Å². The van der Waals surface area contributed by atoms with Gasteiger partial charge in [0, 0.05) is 32.1 Å². The molecular formula is C20H24N4O. The highest BCUT2D eigenvalue weighted by atomic mass is 16.5. The first kappa shape index (κ1) is 16.1. The summed E-state index contributed by atoms with van der Waals surface area (Å²) < 4.78 is 8.01. The lowest BCUT2D eigenvalue weighted by Gasteiger charge is -2.18. The zero-order valence-electron chi connectivity index (χ0n) is 14.6. The minimum absolute atomic E-state index is 0.293. The van der Waals surface area contributed by atoms with Gasteiger partial charge in [-0.05, 0) is 37.8 Å². The Morgan fingerprint density at radius 3 is 3.00 bits per heavy atom. The largest absolute Gasteiger partial charge is 0.376 e. The second-order valence-electron chi connectivity index (χ2n) is 6.68. The van der Waals surface area contributed by atoms with Crippen LogP contribution in [-0.4, -0.2) is 40.4 Å². The number of nitrogens with zero attached hydrogens (tertiary/aromatic N) is 4. The van der Waals surface area contributed by atoms with Crippen LogP contribution in [0.1, 0.15) is 24.1 Å². The summed E-state index contributed by atoms with van der Waals surface area (Å²) in [5, 5.41) is 4.47. The average Bonchev–Trinajstić information content (AvgIpc) is 3.25. The van der Waals surface area contributed by atoms with Gasteiger partial charge in [0.25, 0.3) is 0 Å². The standard InChI is InChI=1S/C20H24N4O/c1-16-14-19-20(21-10-12-24(19)22-16)23-11-9-18(15-23)25-13-5-8-17-6-3-2-4-7-17/h2-4,6-7,10,12,14,18H,5,8-9,11,13,15H2,1H3. The van der Waals surface area contributed by atoms with Crippen molar-refractivity contribution in [3.8, 4) is 0 Å². The van der Waals surface area contributed by atoms with Crippen LogP contribution in [0.2, 0.25) is 0 Å². The lowest BCUT2D eigenvalue weighted by molar-refractivity contribution is 0.0667. The zero-order valence-corrected chi connectivity index (χ0v) is 14.6. The number of aryl methyl sites for hydroxylation is 2. The van der Waals surface area contributed by atoms with Gasteiger partial charge in [0.1, 0.15) is 5.52 Å². The Morgan fingerprint density at radius 2 is 2.12 bits per heavy atom. The first-order chi connectivity index (χ1) is 12.3. The number of fused-ring (bicyclic) bond motifs is 1. The van der Waals surface area contributed by atoms with E-state index in [0.29, 0.717) is 6.10 Å². The van der Waals surface area contributed by atoms with E-state index in [4.69, 9.17) is 4.74 Å². The molecule has 0 aliphatic carbocycles. The summed E-state index contributed by atoms with van der Waals surface area (Å²) in [5.74, 6) is 1.01.